The quantitative estimate of drug-likeness (QED) is 0.772. The maximum atomic E-state index is 12.0. The first-order valence-electron chi connectivity index (χ1n) is 3.98. The Morgan fingerprint density at radius 1 is 1.36 bits per heavy atom. The van der Waals surface area contributed by atoms with Crippen LogP contribution in [0, 0.1) is 0 Å². The summed E-state index contributed by atoms with van der Waals surface area (Å²) < 4.78 is 28.2. The zero-order chi connectivity index (χ0) is 10.7. The molecule has 0 bridgehead atoms. The molecule has 0 aromatic heterocycles. The van der Waals surface area contributed by atoms with Gasteiger partial charge in [0, 0.05) is 5.56 Å². The lowest BCUT2D eigenvalue weighted by molar-refractivity contribution is -0.0504. The summed E-state index contributed by atoms with van der Waals surface area (Å²) in [5, 5.41) is 0.609. The van der Waals surface area contributed by atoms with Gasteiger partial charge in [0.15, 0.2) is 0 Å². The molecule has 1 aromatic carbocycles. The summed E-state index contributed by atoms with van der Waals surface area (Å²) in [6.45, 7) is -1.06. The van der Waals surface area contributed by atoms with Crippen LogP contribution in [0.4, 0.5) is 8.78 Å². The van der Waals surface area contributed by atoms with Gasteiger partial charge in [-0.1, -0.05) is 30.1 Å². The standard InChI is InChI=1S/C9H8Cl2F2O/c1-2-5-7(14-9(12)13)4-3-6(10)8(5)11/h3-4,9H,2H2,1H3. The summed E-state index contributed by atoms with van der Waals surface area (Å²) in [7, 11) is 0. The highest BCUT2D eigenvalue weighted by Gasteiger charge is 2.13. The predicted molar refractivity (Wildman–Crippen MR) is 52.5 cm³/mol. The van der Waals surface area contributed by atoms with E-state index in [0.29, 0.717) is 17.0 Å². The number of benzene rings is 1. The van der Waals surface area contributed by atoms with Gasteiger partial charge in [0.05, 0.1) is 10.0 Å². The number of hydrogen-bond donors (Lipinski definition) is 0. The third kappa shape index (κ3) is 2.49. The van der Waals surface area contributed by atoms with Gasteiger partial charge in [-0.3, -0.25) is 0 Å². The lowest BCUT2D eigenvalue weighted by Gasteiger charge is -2.11. The van der Waals surface area contributed by atoms with Crippen LogP contribution in [0.2, 0.25) is 10.0 Å². The molecule has 0 fully saturated rings. The van der Waals surface area contributed by atoms with Crippen LogP contribution in [-0.4, -0.2) is 6.61 Å². The van der Waals surface area contributed by atoms with Crippen molar-refractivity contribution in [3.05, 3.63) is 27.7 Å². The Balaban J connectivity index is 3.10. The summed E-state index contributed by atoms with van der Waals surface area (Å²) in [5.74, 6) is 0.0805. The molecule has 0 aliphatic carbocycles. The molecule has 0 amide bonds. The van der Waals surface area contributed by atoms with Crippen LogP contribution in [0.3, 0.4) is 0 Å². The van der Waals surface area contributed by atoms with Crippen molar-refractivity contribution >= 4 is 23.2 Å². The van der Waals surface area contributed by atoms with Gasteiger partial charge < -0.3 is 4.74 Å². The number of rotatable bonds is 3. The number of halogens is 4. The molecule has 0 spiro atoms. The largest absolute Gasteiger partial charge is 0.434 e. The van der Waals surface area contributed by atoms with Gasteiger partial charge in [-0.25, -0.2) is 0 Å². The van der Waals surface area contributed by atoms with Gasteiger partial charge in [0.1, 0.15) is 5.75 Å². The number of alkyl halides is 2. The maximum absolute atomic E-state index is 12.0. The third-order valence-corrected chi connectivity index (χ3v) is 2.57. The second kappa shape index (κ2) is 4.80. The molecule has 0 N–H and O–H groups in total. The van der Waals surface area contributed by atoms with Crippen molar-refractivity contribution < 1.29 is 13.5 Å². The Labute approximate surface area is 90.6 Å². The van der Waals surface area contributed by atoms with E-state index in [1.165, 1.54) is 12.1 Å². The molecule has 0 heterocycles. The van der Waals surface area contributed by atoms with Crippen LogP contribution < -0.4 is 4.74 Å². The molecule has 0 radical (unpaired) electrons. The van der Waals surface area contributed by atoms with Crippen LogP contribution in [0.15, 0.2) is 12.1 Å². The van der Waals surface area contributed by atoms with Gasteiger partial charge in [-0.15, -0.1) is 0 Å². The lowest BCUT2D eigenvalue weighted by Crippen LogP contribution is -2.04. The van der Waals surface area contributed by atoms with Crippen LogP contribution in [0.5, 0.6) is 5.75 Å². The van der Waals surface area contributed by atoms with Crippen LogP contribution in [0.1, 0.15) is 12.5 Å². The molecule has 5 heteroatoms. The van der Waals surface area contributed by atoms with Crippen LogP contribution >= 0.6 is 23.2 Å². The SMILES string of the molecule is CCc1c(OC(F)F)ccc(Cl)c1Cl. The Kier molecular flexibility index (Phi) is 3.96. The molecule has 0 aliphatic rings. The molecule has 1 aromatic rings. The zero-order valence-corrected chi connectivity index (χ0v) is 8.87. The molecule has 0 saturated heterocycles. The van der Waals surface area contributed by atoms with Crippen molar-refractivity contribution in [1.29, 1.82) is 0 Å². The monoisotopic (exact) mass is 240 g/mol. The molecular formula is C9H8Cl2F2O. The maximum Gasteiger partial charge on any atom is 0.387 e. The molecule has 78 valence electrons. The Morgan fingerprint density at radius 3 is 2.50 bits per heavy atom. The van der Waals surface area contributed by atoms with Crippen molar-refractivity contribution in [1.82, 2.24) is 0 Å². The van der Waals surface area contributed by atoms with Gasteiger partial charge in [-0.2, -0.15) is 8.78 Å². The van der Waals surface area contributed by atoms with E-state index in [9.17, 15) is 8.78 Å². The van der Waals surface area contributed by atoms with Crippen molar-refractivity contribution in [2.24, 2.45) is 0 Å². The number of hydrogen-bond acceptors (Lipinski definition) is 1. The highest BCUT2D eigenvalue weighted by molar-refractivity contribution is 6.42. The first kappa shape index (κ1) is 11.5. The normalized spacial score (nSPS) is 10.7. The summed E-state index contributed by atoms with van der Waals surface area (Å²) >= 11 is 11.6. The molecule has 0 aliphatic heterocycles. The Bertz CT molecular complexity index is 329. The van der Waals surface area contributed by atoms with Crippen LogP contribution in [-0.2, 0) is 6.42 Å². The highest BCUT2D eigenvalue weighted by atomic mass is 35.5. The van der Waals surface area contributed by atoms with E-state index in [4.69, 9.17) is 23.2 Å². The molecule has 0 atom stereocenters. The second-order valence-corrected chi connectivity index (χ2v) is 3.36. The van der Waals surface area contributed by atoms with E-state index in [2.05, 4.69) is 4.74 Å². The summed E-state index contributed by atoms with van der Waals surface area (Å²) in [4.78, 5) is 0. The Hall–Kier alpha value is -0.540. The van der Waals surface area contributed by atoms with Crippen molar-refractivity contribution in [2.45, 2.75) is 20.0 Å². The van der Waals surface area contributed by atoms with E-state index >= 15 is 0 Å². The minimum atomic E-state index is -2.85. The van der Waals surface area contributed by atoms with E-state index < -0.39 is 6.61 Å². The van der Waals surface area contributed by atoms with E-state index in [1.807, 2.05) is 0 Å². The topological polar surface area (TPSA) is 9.23 Å². The molecule has 1 nitrogen and oxygen atoms in total. The zero-order valence-electron chi connectivity index (χ0n) is 7.36. The van der Waals surface area contributed by atoms with E-state index in [-0.39, 0.29) is 10.8 Å². The van der Waals surface area contributed by atoms with Gasteiger partial charge >= 0.3 is 6.61 Å². The fourth-order valence-corrected chi connectivity index (χ4v) is 1.58. The van der Waals surface area contributed by atoms with Crippen molar-refractivity contribution in [3.8, 4) is 5.75 Å². The molecule has 0 saturated carbocycles. The first-order chi connectivity index (χ1) is 6.56. The molecule has 1 rings (SSSR count). The first-order valence-corrected chi connectivity index (χ1v) is 4.73. The summed E-state index contributed by atoms with van der Waals surface area (Å²) in [5.41, 5.74) is 0.500. The Morgan fingerprint density at radius 2 is 2.00 bits per heavy atom. The molecule has 14 heavy (non-hydrogen) atoms. The minimum Gasteiger partial charge on any atom is -0.434 e. The average Bonchev–Trinajstić information content (AvgIpc) is 2.11. The third-order valence-electron chi connectivity index (χ3n) is 1.72. The predicted octanol–water partition coefficient (Wildman–Crippen LogP) is 4.16. The highest BCUT2D eigenvalue weighted by Crippen LogP contribution is 2.33. The van der Waals surface area contributed by atoms with Gasteiger partial charge in [0.2, 0.25) is 0 Å². The number of ether oxygens (including phenoxy) is 1. The summed E-state index contributed by atoms with van der Waals surface area (Å²) in [6, 6.07) is 2.82. The van der Waals surface area contributed by atoms with Gasteiger partial charge in [0.25, 0.3) is 0 Å². The minimum absolute atomic E-state index is 0.0805. The van der Waals surface area contributed by atoms with Gasteiger partial charge in [-0.05, 0) is 18.6 Å². The molecular weight excluding hydrogens is 233 g/mol. The van der Waals surface area contributed by atoms with Crippen molar-refractivity contribution in [2.75, 3.05) is 0 Å². The van der Waals surface area contributed by atoms with Crippen molar-refractivity contribution in [3.63, 3.8) is 0 Å². The second-order valence-electron chi connectivity index (χ2n) is 2.57. The fraction of sp³-hybridized carbons (Fsp3) is 0.333. The van der Waals surface area contributed by atoms with E-state index in [0.717, 1.165) is 0 Å². The molecule has 0 unspecified atom stereocenters. The lowest BCUT2D eigenvalue weighted by atomic mass is 10.1. The fourth-order valence-electron chi connectivity index (χ4n) is 1.11. The smallest absolute Gasteiger partial charge is 0.387 e. The summed E-state index contributed by atoms with van der Waals surface area (Å²) in [6.07, 6.45) is 0.488. The van der Waals surface area contributed by atoms with Crippen LogP contribution in [0.25, 0.3) is 0 Å². The van der Waals surface area contributed by atoms with E-state index in [1.54, 1.807) is 6.92 Å². The average molecular weight is 241 g/mol.